The molecule has 0 aromatic heterocycles. The van der Waals surface area contributed by atoms with Crippen LogP contribution < -0.4 is 0 Å². The van der Waals surface area contributed by atoms with Crippen LogP contribution in [-0.2, 0) is 9.84 Å². The topological polar surface area (TPSA) is 34.1 Å². The van der Waals surface area contributed by atoms with Gasteiger partial charge in [0.25, 0.3) is 0 Å². The van der Waals surface area contributed by atoms with Crippen molar-refractivity contribution < 1.29 is 34.8 Å². The van der Waals surface area contributed by atoms with Gasteiger partial charge in [0.1, 0.15) is 0 Å². The van der Waals surface area contributed by atoms with Crippen LogP contribution in [0.5, 0.6) is 0 Å². The van der Waals surface area contributed by atoms with Gasteiger partial charge < -0.3 is 0 Å². The van der Waals surface area contributed by atoms with Gasteiger partial charge in [-0.05, 0) is 6.42 Å². The number of alkyl halides is 6. The summed E-state index contributed by atoms with van der Waals surface area (Å²) in [6, 6.07) is 0. The van der Waals surface area contributed by atoms with E-state index in [0.717, 1.165) is 0 Å². The smallest absolute Gasteiger partial charge is 0.229 e. The van der Waals surface area contributed by atoms with Crippen molar-refractivity contribution in [3.8, 4) is 0 Å². The van der Waals surface area contributed by atoms with Crippen LogP contribution >= 0.6 is 18.5 Å². The van der Waals surface area contributed by atoms with Gasteiger partial charge in [-0.3, -0.25) is 0 Å². The Bertz CT molecular complexity index is 361. The first-order valence-corrected chi connectivity index (χ1v) is 8.87. The molecule has 2 nitrogen and oxygen atoms in total. The minimum absolute atomic E-state index is 0.155. The van der Waals surface area contributed by atoms with E-state index in [1.165, 1.54) is 0 Å². The summed E-state index contributed by atoms with van der Waals surface area (Å²) in [7, 11) is -7.72. The molecule has 1 heterocycles. The lowest BCUT2D eigenvalue weighted by Gasteiger charge is -2.24. The Morgan fingerprint density at radius 1 is 1.06 bits per heavy atom. The van der Waals surface area contributed by atoms with E-state index in [9.17, 15) is 34.8 Å². The molecular weight excluding hydrogens is 313 g/mol. The van der Waals surface area contributed by atoms with Gasteiger partial charge in [-0.2, -0.15) is 26.3 Å². The zero-order valence-electron chi connectivity index (χ0n) is 8.05. The van der Waals surface area contributed by atoms with Gasteiger partial charge in [0.05, 0.1) is 11.5 Å². The maximum absolute atomic E-state index is 12.2. The Morgan fingerprint density at radius 3 is 1.82 bits per heavy atom. The van der Waals surface area contributed by atoms with Crippen LogP contribution in [0.3, 0.4) is 0 Å². The summed E-state index contributed by atoms with van der Waals surface area (Å²) in [5.41, 5.74) is 0. The van der Waals surface area contributed by atoms with E-state index in [1.807, 2.05) is 0 Å². The maximum atomic E-state index is 12.2. The van der Waals surface area contributed by atoms with Crippen LogP contribution in [0, 0.1) is 0 Å². The van der Waals surface area contributed by atoms with E-state index >= 15 is 0 Å². The average molecular weight is 320 g/mol. The van der Waals surface area contributed by atoms with Gasteiger partial charge in [-0.15, -0.1) is 11.4 Å². The van der Waals surface area contributed by atoms with Crippen molar-refractivity contribution in [1.82, 2.24) is 0 Å². The number of rotatable bonds is 2. The molecule has 0 N–H and O–H groups in total. The highest BCUT2D eigenvalue weighted by atomic mass is 32.7. The number of halogens is 6. The summed E-state index contributed by atoms with van der Waals surface area (Å²) in [4.78, 5) is 0. The third-order valence-corrected chi connectivity index (χ3v) is 8.49. The van der Waals surface area contributed by atoms with E-state index in [0.29, 0.717) is 0 Å². The quantitative estimate of drug-likeness (QED) is 0.578. The summed E-state index contributed by atoms with van der Waals surface area (Å²) >= 11 is -0.296. The monoisotopic (exact) mass is 320 g/mol. The molecule has 11 heteroatoms. The van der Waals surface area contributed by atoms with Crippen molar-refractivity contribution in [3.63, 3.8) is 0 Å². The molecule has 0 aromatic carbocycles. The van der Waals surface area contributed by atoms with Crippen LogP contribution in [0.1, 0.15) is 6.42 Å². The molecule has 0 aromatic rings. The summed E-state index contributed by atoms with van der Waals surface area (Å²) in [6.07, 6.45) is -0.155. The summed E-state index contributed by atoms with van der Waals surface area (Å²) < 4.78 is 95.1. The van der Waals surface area contributed by atoms with Crippen LogP contribution in [0.2, 0.25) is 0 Å². The average Bonchev–Trinajstić information content (AvgIpc) is 2.37. The fraction of sp³-hybridized carbons (Fsp3) is 1.00. The third kappa shape index (κ3) is 4.48. The minimum Gasteiger partial charge on any atom is -0.229 e. The summed E-state index contributed by atoms with van der Waals surface area (Å²) in [5, 5.41) is -1.12. The number of hydrogen-bond acceptors (Lipinski definition) is 3. The van der Waals surface area contributed by atoms with Gasteiger partial charge in [0.2, 0.25) is 0 Å². The first kappa shape index (κ1) is 15.4. The van der Waals surface area contributed by atoms with Crippen LogP contribution in [0.15, 0.2) is 0 Å². The molecule has 1 aliphatic heterocycles. The number of hydrogen-bond donors (Lipinski definition) is 0. The molecule has 0 radical (unpaired) electrons. The molecular formula is C6H7F6O2PS2. The van der Waals surface area contributed by atoms with Gasteiger partial charge in [0, 0.05) is 5.25 Å². The molecule has 1 rings (SSSR count). The van der Waals surface area contributed by atoms with Gasteiger partial charge in [-0.1, -0.05) is 0 Å². The molecule has 17 heavy (non-hydrogen) atoms. The van der Waals surface area contributed by atoms with Crippen LogP contribution in [0.4, 0.5) is 26.3 Å². The van der Waals surface area contributed by atoms with Crippen molar-refractivity contribution in [2.24, 2.45) is 0 Å². The van der Waals surface area contributed by atoms with Crippen molar-refractivity contribution in [2.45, 2.75) is 23.5 Å². The largest absolute Gasteiger partial charge is 0.423 e. The zero-order valence-corrected chi connectivity index (χ0v) is 10.6. The Morgan fingerprint density at radius 2 is 1.53 bits per heavy atom. The fourth-order valence-electron chi connectivity index (χ4n) is 1.26. The van der Waals surface area contributed by atoms with Crippen molar-refractivity contribution in [1.29, 1.82) is 0 Å². The molecule has 102 valence electrons. The van der Waals surface area contributed by atoms with Crippen LogP contribution in [0.25, 0.3) is 0 Å². The van der Waals surface area contributed by atoms with Crippen molar-refractivity contribution in [3.05, 3.63) is 0 Å². The molecule has 0 aliphatic carbocycles. The standard InChI is InChI=1S/C6H7F6O2PS2/c7-5(8,9)15(6(10,11)12)16-4-1-2-17(13,14)3-4/h4H,1-3H2. The summed E-state index contributed by atoms with van der Waals surface area (Å²) in [6.45, 7) is 0. The first-order chi connectivity index (χ1) is 7.42. The fourth-order valence-corrected chi connectivity index (χ4v) is 7.34. The molecule has 0 amide bonds. The molecule has 1 atom stereocenters. The van der Waals surface area contributed by atoms with E-state index in [2.05, 4.69) is 0 Å². The highest BCUT2D eigenvalue weighted by Crippen LogP contribution is 2.73. The first-order valence-electron chi connectivity index (χ1n) is 4.23. The van der Waals surface area contributed by atoms with E-state index in [-0.39, 0.29) is 23.6 Å². The zero-order chi connectivity index (χ0) is 13.5. The lowest BCUT2D eigenvalue weighted by molar-refractivity contribution is -0.0793. The SMILES string of the molecule is O=S1(=O)CCC(SP(C(F)(F)F)C(F)(F)F)C1. The second kappa shape index (κ2) is 4.77. The molecule has 0 saturated carbocycles. The predicted octanol–water partition coefficient (Wildman–Crippen LogP) is 3.34. The molecule has 1 aliphatic rings. The Labute approximate surface area is 98.5 Å². The van der Waals surface area contributed by atoms with Crippen molar-refractivity contribution >= 4 is 28.3 Å². The van der Waals surface area contributed by atoms with Gasteiger partial charge in [0.15, 0.2) is 17.0 Å². The van der Waals surface area contributed by atoms with Crippen molar-refractivity contribution in [2.75, 3.05) is 11.5 Å². The van der Waals surface area contributed by atoms with E-state index in [1.54, 1.807) is 0 Å². The molecule has 1 fully saturated rings. The third-order valence-electron chi connectivity index (χ3n) is 1.91. The van der Waals surface area contributed by atoms with Crippen LogP contribution in [-0.4, -0.2) is 37.0 Å². The molecule has 1 unspecified atom stereocenters. The Hall–Kier alpha value is 0.310. The molecule has 0 spiro atoms. The second-order valence-corrected chi connectivity index (χ2v) is 9.80. The molecule has 1 saturated heterocycles. The molecule has 0 bridgehead atoms. The Balaban J connectivity index is 2.76. The lowest BCUT2D eigenvalue weighted by Crippen LogP contribution is -2.18. The predicted molar refractivity (Wildman–Crippen MR) is 53.7 cm³/mol. The maximum Gasteiger partial charge on any atom is 0.423 e. The van der Waals surface area contributed by atoms with Gasteiger partial charge >= 0.3 is 11.8 Å². The minimum atomic E-state index is -5.36. The lowest BCUT2D eigenvalue weighted by atomic mass is 10.4. The number of sulfone groups is 1. The van der Waals surface area contributed by atoms with E-state index in [4.69, 9.17) is 0 Å². The normalized spacial score (nSPS) is 25.5. The highest BCUT2D eigenvalue weighted by molar-refractivity contribution is 8.56. The summed E-state index contributed by atoms with van der Waals surface area (Å²) in [5.74, 6) is -11.7. The second-order valence-electron chi connectivity index (χ2n) is 3.36. The van der Waals surface area contributed by atoms with E-state index < -0.39 is 39.8 Å². The van der Waals surface area contributed by atoms with Gasteiger partial charge in [-0.25, -0.2) is 8.42 Å². The Kier molecular flexibility index (Phi) is 4.31. The highest BCUT2D eigenvalue weighted by Gasteiger charge is 2.58.